The maximum Gasteiger partial charge on any atom is 0.219 e. The van der Waals surface area contributed by atoms with Crippen molar-refractivity contribution in [1.82, 2.24) is 0 Å². The molecule has 8 heteroatoms. The highest BCUT2D eigenvalue weighted by Gasteiger charge is 2.44. The summed E-state index contributed by atoms with van der Waals surface area (Å²) in [6, 6.07) is 15.2. The Morgan fingerprint density at radius 2 is 1.32 bits per heavy atom. The van der Waals surface area contributed by atoms with Crippen LogP contribution in [-0.4, -0.2) is 40.6 Å². The Balaban J connectivity index is 1.37. The largest absolute Gasteiger partial charge is 0.497 e. The predicted molar refractivity (Wildman–Crippen MR) is 109 cm³/mol. The van der Waals surface area contributed by atoms with Gasteiger partial charge in [0.15, 0.2) is 6.29 Å². The van der Waals surface area contributed by atoms with Crippen LogP contribution < -0.4 is 14.8 Å². The number of hydrogen-bond acceptors (Lipinski definition) is 7. The van der Waals surface area contributed by atoms with E-state index in [1.165, 1.54) is 0 Å². The molecule has 2 aliphatic rings. The van der Waals surface area contributed by atoms with Crippen LogP contribution in [-0.2, 0) is 30.3 Å². The molecule has 4 rings (SSSR count). The van der Waals surface area contributed by atoms with Gasteiger partial charge in [0.05, 0.1) is 46.1 Å². The summed E-state index contributed by atoms with van der Waals surface area (Å²) in [5, 5.41) is 0.881. The molecule has 0 aliphatic carbocycles. The van der Waals surface area contributed by atoms with Gasteiger partial charge in [-0.2, -0.15) is 0 Å². The monoisotopic (exact) mass is 422 g/mol. The molecule has 0 saturated carbocycles. The third-order valence-corrected chi connectivity index (χ3v) is 8.07. The third kappa shape index (κ3) is 3.96. The van der Waals surface area contributed by atoms with Crippen molar-refractivity contribution in [3.8, 4) is 11.5 Å². The van der Waals surface area contributed by atoms with Crippen molar-refractivity contribution in [1.29, 1.82) is 0 Å². The standard InChI is InChI=1S/C20H23O6PS/c1-21-16-5-3-15(4-6-16)19-23-11-20(12-24-19)13-25-27(28,26-14-20)18-9-7-17(22-2)8-10-18/h3-10,19H,11-14H2,1-2H3. The molecule has 6 nitrogen and oxygen atoms in total. The van der Waals surface area contributed by atoms with E-state index in [2.05, 4.69) is 0 Å². The lowest BCUT2D eigenvalue weighted by Crippen LogP contribution is -2.48. The quantitative estimate of drug-likeness (QED) is 0.700. The second-order valence-electron chi connectivity index (χ2n) is 6.97. The van der Waals surface area contributed by atoms with Crippen LogP contribution in [0.2, 0.25) is 0 Å². The second-order valence-corrected chi connectivity index (χ2v) is 10.4. The number of methoxy groups -OCH3 is 2. The maximum atomic E-state index is 6.08. The van der Waals surface area contributed by atoms with E-state index in [0.29, 0.717) is 26.4 Å². The Morgan fingerprint density at radius 1 is 0.821 bits per heavy atom. The molecule has 150 valence electrons. The van der Waals surface area contributed by atoms with Crippen molar-refractivity contribution in [2.24, 2.45) is 5.41 Å². The van der Waals surface area contributed by atoms with Crippen LogP contribution in [0, 0.1) is 5.41 Å². The fraction of sp³-hybridized carbons (Fsp3) is 0.400. The molecule has 0 aromatic heterocycles. The molecule has 2 aliphatic heterocycles. The van der Waals surface area contributed by atoms with E-state index in [0.717, 1.165) is 22.4 Å². The van der Waals surface area contributed by atoms with E-state index in [-0.39, 0.29) is 5.41 Å². The van der Waals surface area contributed by atoms with Crippen LogP contribution in [0.4, 0.5) is 0 Å². The van der Waals surface area contributed by atoms with Gasteiger partial charge in [-0.3, -0.25) is 0 Å². The molecular weight excluding hydrogens is 399 g/mol. The zero-order valence-corrected chi connectivity index (χ0v) is 17.5. The molecule has 28 heavy (non-hydrogen) atoms. The smallest absolute Gasteiger partial charge is 0.219 e. The first-order valence-electron chi connectivity index (χ1n) is 8.97. The molecule has 2 aromatic rings. The van der Waals surface area contributed by atoms with Crippen LogP contribution in [0.5, 0.6) is 11.5 Å². The molecule has 1 spiro atoms. The first-order chi connectivity index (χ1) is 13.6. The highest BCUT2D eigenvalue weighted by atomic mass is 32.5. The molecule has 0 atom stereocenters. The first-order valence-corrected chi connectivity index (χ1v) is 11.6. The molecule has 2 aromatic carbocycles. The van der Waals surface area contributed by atoms with Crippen LogP contribution in [0.3, 0.4) is 0 Å². The van der Waals surface area contributed by atoms with Gasteiger partial charge in [0.2, 0.25) is 6.49 Å². The molecule has 0 amide bonds. The normalized spacial score (nSPS) is 30.1. The summed E-state index contributed by atoms with van der Waals surface area (Å²) in [4.78, 5) is 0. The number of benzene rings is 2. The van der Waals surface area contributed by atoms with Gasteiger partial charge in [-0.25, -0.2) is 0 Å². The number of hydrogen-bond donors (Lipinski definition) is 0. The number of rotatable bonds is 4. The summed E-state index contributed by atoms with van der Waals surface area (Å²) in [6.07, 6.45) is -0.400. The summed E-state index contributed by atoms with van der Waals surface area (Å²) < 4.78 is 34.5. The Hall–Kier alpha value is -1.47. The maximum absolute atomic E-state index is 6.08. The SMILES string of the molecule is COc1ccc(C2OCC3(CO2)COP(=S)(c2ccc(OC)cc2)OC3)cc1. The molecule has 2 saturated heterocycles. The van der Waals surface area contributed by atoms with Crippen molar-refractivity contribution in [2.75, 3.05) is 40.6 Å². The van der Waals surface area contributed by atoms with Crippen LogP contribution >= 0.6 is 6.49 Å². The van der Waals surface area contributed by atoms with Gasteiger partial charge in [0.1, 0.15) is 11.5 Å². The van der Waals surface area contributed by atoms with Gasteiger partial charge in [-0.05, 0) is 48.2 Å². The Labute approximate surface area is 169 Å². The molecule has 0 unspecified atom stereocenters. The Morgan fingerprint density at radius 3 is 1.82 bits per heavy atom. The zero-order valence-electron chi connectivity index (χ0n) is 15.8. The van der Waals surface area contributed by atoms with Crippen molar-refractivity contribution >= 4 is 23.6 Å². The summed E-state index contributed by atoms with van der Waals surface area (Å²) in [5.41, 5.74) is 0.620. The third-order valence-electron chi connectivity index (χ3n) is 4.94. The fourth-order valence-corrected chi connectivity index (χ4v) is 5.61. The summed E-state index contributed by atoms with van der Waals surface area (Å²) in [7, 11) is 3.27. The lowest BCUT2D eigenvalue weighted by Gasteiger charge is -2.44. The molecule has 2 fully saturated rings. The van der Waals surface area contributed by atoms with Gasteiger partial charge >= 0.3 is 0 Å². The second kappa shape index (κ2) is 8.11. The molecule has 2 heterocycles. The topological polar surface area (TPSA) is 55.4 Å². The average Bonchev–Trinajstić information content (AvgIpc) is 2.77. The van der Waals surface area contributed by atoms with Gasteiger partial charge < -0.3 is 28.0 Å². The Bertz CT molecular complexity index is 832. The molecule has 0 bridgehead atoms. The van der Waals surface area contributed by atoms with Gasteiger partial charge in [-0.1, -0.05) is 12.1 Å². The number of ether oxygens (including phenoxy) is 4. The van der Waals surface area contributed by atoms with Crippen molar-refractivity contribution < 1.29 is 28.0 Å². The van der Waals surface area contributed by atoms with Crippen LogP contribution in [0.15, 0.2) is 48.5 Å². The van der Waals surface area contributed by atoms with E-state index in [1.54, 1.807) is 14.2 Å². The van der Waals surface area contributed by atoms with E-state index in [9.17, 15) is 0 Å². The summed E-state index contributed by atoms with van der Waals surface area (Å²) in [6.45, 7) is -0.643. The minimum Gasteiger partial charge on any atom is -0.497 e. The summed E-state index contributed by atoms with van der Waals surface area (Å²) in [5.74, 6) is 1.58. The van der Waals surface area contributed by atoms with Gasteiger partial charge in [-0.15, -0.1) is 0 Å². The minimum absolute atomic E-state index is 0.336. The van der Waals surface area contributed by atoms with Crippen LogP contribution in [0.25, 0.3) is 0 Å². The van der Waals surface area contributed by atoms with Crippen molar-refractivity contribution in [3.05, 3.63) is 54.1 Å². The summed E-state index contributed by atoms with van der Waals surface area (Å²) >= 11 is 5.71. The van der Waals surface area contributed by atoms with E-state index in [4.69, 9.17) is 39.8 Å². The van der Waals surface area contributed by atoms with Crippen molar-refractivity contribution in [2.45, 2.75) is 6.29 Å². The minimum atomic E-state index is -2.52. The molecular formula is C20H23O6PS. The fourth-order valence-electron chi connectivity index (χ4n) is 3.15. The lowest BCUT2D eigenvalue weighted by molar-refractivity contribution is -0.249. The zero-order chi connectivity index (χ0) is 19.6. The van der Waals surface area contributed by atoms with Gasteiger partial charge in [0.25, 0.3) is 0 Å². The lowest BCUT2D eigenvalue weighted by atomic mass is 9.91. The Kier molecular flexibility index (Phi) is 5.74. The highest BCUT2D eigenvalue weighted by Crippen LogP contribution is 2.54. The van der Waals surface area contributed by atoms with Gasteiger partial charge in [0, 0.05) is 10.9 Å². The van der Waals surface area contributed by atoms with E-state index >= 15 is 0 Å². The molecule has 0 N–H and O–H groups in total. The van der Waals surface area contributed by atoms with Crippen LogP contribution in [0.1, 0.15) is 11.9 Å². The van der Waals surface area contributed by atoms with Crippen molar-refractivity contribution in [3.63, 3.8) is 0 Å². The molecule has 0 radical (unpaired) electrons. The highest BCUT2D eigenvalue weighted by molar-refractivity contribution is 8.13. The van der Waals surface area contributed by atoms with E-state index < -0.39 is 12.8 Å². The average molecular weight is 422 g/mol. The first kappa shape index (κ1) is 19.8. The van der Waals surface area contributed by atoms with E-state index in [1.807, 2.05) is 48.5 Å². The predicted octanol–water partition coefficient (Wildman–Crippen LogP) is 3.42.